The number of fused-ring (bicyclic) bond motifs is 1. The zero-order valence-corrected chi connectivity index (χ0v) is 16.4. The van der Waals surface area contributed by atoms with E-state index in [1.54, 1.807) is 6.92 Å². The number of pyridine rings is 1. The van der Waals surface area contributed by atoms with E-state index in [0.717, 1.165) is 35.4 Å². The predicted octanol–water partition coefficient (Wildman–Crippen LogP) is 2.63. The Morgan fingerprint density at radius 3 is 2.64 bits per heavy atom. The third-order valence-corrected chi connectivity index (χ3v) is 4.94. The van der Waals surface area contributed by atoms with Gasteiger partial charge in [0.2, 0.25) is 11.9 Å². The molecule has 3 N–H and O–H groups in total. The number of morpholine rings is 1. The first-order valence-electron chi connectivity index (χ1n) is 9.49. The summed E-state index contributed by atoms with van der Waals surface area (Å²) in [5.74, 6) is 2.24. The highest BCUT2D eigenvalue weighted by atomic mass is 16.5. The Hall–Kier alpha value is -3.00. The summed E-state index contributed by atoms with van der Waals surface area (Å²) in [4.78, 5) is 19.9. The van der Waals surface area contributed by atoms with Gasteiger partial charge in [-0.25, -0.2) is 4.98 Å². The maximum atomic E-state index is 5.78. The average Bonchev–Trinajstić information content (AvgIpc) is 2.67. The van der Waals surface area contributed by atoms with Gasteiger partial charge >= 0.3 is 0 Å². The molecule has 1 saturated heterocycles. The molecular weight excluding hydrogens is 354 g/mol. The molecule has 1 atom stereocenters. The summed E-state index contributed by atoms with van der Waals surface area (Å²) < 4.78 is 5.53. The van der Waals surface area contributed by atoms with Crippen LogP contribution in [0.25, 0.3) is 10.9 Å². The molecule has 0 spiro atoms. The van der Waals surface area contributed by atoms with Crippen LogP contribution < -0.4 is 16.0 Å². The lowest BCUT2D eigenvalue weighted by atomic mass is 10.0. The molecule has 1 aromatic carbocycles. The van der Waals surface area contributed by atoms with Gasteiger partial charge in [-0.3, -0.25) is 0 Å². The summed E-state index contributed by atoms with van der Waals surface area (Å²) in [5.41, 5.74) is 9.06. The lowest BCUT2D eigenvalue weighted by Crippen LogP contribution is -2.37. The van der Waals surface area contributed by atoms with Crippen molar-refractivity contribution < 1.29 is 4.74 Å². The molecule has 4 rings (SSSR count). The number of hydrogen-bond acceptors (Lipinski definition) is 8. The number of anilines is 3. The predicted molar refractivity (Wildman–Crippen MR) is 111 cm³/mol. The minimum atomic E-state index is -0.0588. The van der Waals surface area contributed by atoms with Crippen LogP contribution in [-0.4, -0.2) is 46.2 Å². The molecule has 3 heterocycles. The van der Waals surface area contributed by atoms with Gasteiger partial charge in [0.05, 0.1) is 24.8 Å². The second kappa shape index (κ2) is 7.55. The molecule has 0 unspecified atom stereocenters. The Morgan fingerprint density at radius 2 is 1.89 bits per heavy atom. The van der Waals surface area contributed by atoms with Gasteiger partial charge in [0.15, 0.2) is 0 Å². The van der Waals surface area contributed by atoms with Gasteiger partial charge in [-0.2, -0.15) is 15.0 Å². The van der Waals surface area contributed by atoms with Crippen molar-refractivity contribution in [1.82, 2.24) is 19.9 Å². The van der Waals surface area contributed by atoms with Gasteiger partial charge in [-0.15, -0.1) is 0 Å². The molecule has 8 nitrogen and oxygen atoms in total. The van der Waals surface area contributed by atoms with Crippen molar-refractivity contribution in [2.75, 3.05) is 42.3 Å². The SMILES string of the molecule is Cc1nc(N)nc(N[C@@H](C)c2cc3cccc(C)c3nc2N2CCOCC2)n1. The van der Waals surface area contributed by atoms with E-state index in [2.05, 4.69) is 63.3 Å². The summed E-state index contributed by atoms with van der Waals surface area (Å²) >= 11 is 0. The van der Waals surface area contributed by atoms with Crippen molar-refractivity contribution in [2.24, 2.45) is 0 Å². The van der Waals surface area contributed by atoms with Crippen LogP contribution in [0.3, 0.4) is 0 Å². The van der Waals surface area contributed by atoms with Gasteiger partial charge in [0, 0.05) is 24.0 Å². The van der Waals surface area contributed by atoms with Gasteiger partial charge in [-0.05, 0) is 32.4 Å². The van der Waals surface area contributed by atoms with Gasteiger partial charge < -0.3 is 20.7 Å². The van der Waals surface area contributed by atoms with Crippen LogP contribution >= 0.6 is 0 Å². The lowest BCUT2D eigenvalue weighted by molar-refractivity contribution is 0.122. The van der Waals surface area contributed by atoms with Crippen LogP contribution in [0.4, 0.5) is 17.7 Å². The van der Waals surface area contributed by atoms with E-state index >= 15 is 0 Å². The number of rotatable bonds is 4. The van der Waals surface area contributed by atoms with Gasteiger partial charge in [0.25, 0.3) is 0 Å². The van der Waals surface area contributed by atoms with Crippen LogP contribution in [0.1, 0.15) is 29.9 Å². The molecule has 1 fully saturated rings. The van der Waals surface area contributed by atoms with E-state index in [0.29, 0.717) is 25.0 Å². The summed E-state index contributed by atoms with van der Waals surface area (Å²) in [7, 11) is 0. The molecule has 8 heteroatoms. The summed E-state index contributed by atoms with van der Waals surface area (Å²) in [5, 5.41) is 4.48. The number of benzene rings is 1. The fourth-order valence-corrected chi connectivity index (χ4v) is 3.54. The fourth-order valence-electron chi connectivity index (χ4n) is 3.54. The van der Waals surface area contributed by atoms with E-state index in [-0.39, 0.29) is 12.0 Å². The number of hydrogen-bond donors (Lipinski definition) is 2. The molecule has 0 amide bonds. The smallest absolute Gasteiger partial charge is 0.228 e. The summed E-state index contributed by atoms with van der Waals surface area (Å²) in [6.45, 7) is 9.03. The highest BCUT2D eigenvalue weighted by Crippen LogP contribution is 2.31. The van der Waals surface area contributed by atoms with Crippen LogP contribution in [0.2, 0.25) is 0 Å². The van der Waals surface area contributed by atoms with Crippen LogP contribution in [0.5, 0.6) is 0 Å². The summed E-state index contributed by atoms with van der Waals surface area (Å²) in [6, 6.07) is 8.40. The lowest BCUT2D eigenvalue weighted by Gasteiger charge is -2.31. The highest BCUT2D eigenvalue weighted by molar-refractivity contribution is 5.85. The van der Waals surface area contributed by atoms with Crippen molar-refractivity contribution in [3.8, 4) is 0 Å². The monoisotopic (exact) mass is 379 g/mol. The van der Waals surface area contributed by atoms with Crippen molar-refractivity contribution in [2.45, 2.75) is 26.8 Å². The Balaban J connectivity index is 1.76. The van der Waals surface area contributed by atoms with Crippen molar-refractivity contribution in [3.05, 3.63) is 41.2 Å². The summed E-state index contributed by atoms with van der Waals surface area (Å²) in [6.07, 6.45) is 0. The van der Waals surface area contributed by atoms with Crippen molar-refractivity contribution in [1.29, 1.82) is 0 Å². The fraction of sp³-hybridized carbons (Fsp3) is 0.400. The van der Waals surface area contributed by atoms with E-state index in [1.807, 2.05) is 0 Å². The average molecular weight is 379 g/mol. The normalized spacial score (nSPS) is 15.6. The van der Waals surface area contributed by atoms with Crippen LogP contribution in [-0.2, 0) is 4.74 Å². The first kappa shape index (κ1) is 18.4. The highest BCUT2D eigenvalue weighted by Gasteiger charge is 2.21. The molecule has 1 aliphatic rings. The molecular formula is C20H25N7O. The second-order valence-electron chi connectivity index (χ2n) is 7.08. The molecule has 0 saturated carbocycles. The van der Waals surface area contributed by atoms with Gasteiger partial charge in [-0.1, -0.05) is 18.2 Å². The second-order valence-corrected chi connectivity index (χ2v) is 7.08. The minimum Gasteiger partial charge on any atom is -0.378 e. The maximum Gasteiger partial charge on any atom is 0.228 e. The Bertz CT molecular complexity index is 981. The molecule has 28 heavy (non-hydrogen) atoms. The van der Waals surface area contributed by atoms with Crippen LogP contribution in [0.15, 0.2) is 24.3 Å². The topological polar surface area (TPSA) is 102 Å². The Labute approximate surface area is 164 Å². The number of nitrogen functional groups attached to an aromatic ring is 1. The molecule has 1 aliphatic heterocycles. The number of nitrogens with zero attached hydrogens (tertiary/aromatic N) is 5. The number of nitrogens with one attached hydrogen (secondary N) is 1. The molecule has 3 aromatic rings. The standard InChI is InChI=1S/C20H25N7O/c1-12-5-4-6-15-11-16(13(2)22-20-24-14(3)23-19(21)26-20)18(25-17(12)15)27-7-9-28-10-8-27/h4-6,11,13H,7-10H2,1-3H3,(H3,21,22,23,24,26)/t13-/m0/s1. The van der Waals surface area contributed by atoms with E-state index in [1.165, 1.54) is 5.56 Å². The molecule has 0 bridgehead atoms. The van der Waals surface area contributed by atoms with E-state index in [4.69, 9.17) is 15.5 Å². The largest absolute Gasteiger partial charge is 0.378 e. The van der Waals surface area contributed by atoms with Crippen LogP contribution in [0, 0.1) is 13.8 Å². The number of para-hydroxylation sites is 1. The van der Waals surface area contributed by atoms with E-state index in [9.17, 15) is 0 Å². The first-order chi connectivity index (χ1) is 13.5. The number of aromatic nitrogens is 4. The Morgan fingerprint density at radius 1 is 1.11 bits per heavy atom. The number of aryl methyl sites for hydroxylation is 2. The quantitative estimate of drug-likeness (QED) is 0.713. The third-order valence-electron chi connectivity index (χ3n) is 4.94. The van der Waals surface area contributed by atoms with Gasteiger partial charge in [0.1, 0.15) is 11.6 Å². The van der Waals surface area contributed by atoms with E-state index < -0.39 is 0 Å². The minimum absolute atomic E-state index is 0.0588. The zero-order valence-electron chi connectivity index (χ0n) is 16.4. The zero-order chi connectivity index (χ0) is 19.7. The maximum absolute atomic E-state index is 5.78. The molecule has 0 radical (unpaired) electrons. The number of ether oxygens (including phenoxy) is 1. The third kappa shape index (κ3) is 3.68. The molecule has 2 aromatic heterocycles. The first-order valence-corrected chi connectivity index (χ1v) is 9.49. The van der Waals surface area contributed by atoms with Crippen molar-refractivity contribution in [3.63, 3.8) is 0 Å². The Kier molecular flexibility index (Phi) is 4.95. The molecule has 146 valence electrons. The van der Waals surface area contributed by atoms with Crippen molar-refractivity contribution >= 4 is 28.6 Å². The molecule has 0 aliphatic carbocycles. The number of nitrogens with two attached hydrogens (primary N) is 1.